The number of fused-ring (bicyclic) bond motifs is 1. The largest absolute Gasteiger partial charge is 0.335 e. The topological polar surface area (TPSA) is 37.6 Å². The Morgan fingerprint density at radius 2 is 2.12 bits per heavy atom. The van der Waals surface area contributed by atoms with Crippen molar-refractivity contribution >= 4 is 11.6 Å². The summed E-state index contributed by atoms with van der Waals surface area (Å²) in [6.07, 6.45) is 6.50. The molecule has 122 valence electrons. The van der Waals surface area contributed by atoms with Crippen LogP contribution in [0.15, 0.2) is 54.9 Å². The molecule has 3 aromatic rings. The zero-order chi connectivity index (χ0) is 16.5. The number of aromatic nitrogens is 2. The van der Waals surface area contributed by atoms with Crippen LogP contribution in [0.1, 0.15) is 29.7 Å². The Labute approximate surface area is 141 Å². The van der Waals surface area contributed by atoms with E-state index in [2.05, 4.69) is 36.2 Å². The fourth-order valence-corrected chi connectivity index (χ4v) is 3.14. The van der Waals surface area contributed by atoms with Crippen LogP contribution in [0.4, 0.5) is 0 Å². The maximum atomic E-state index is 12.8. The minimum Gasteiger partial charge on any atom is -0.335 e. The van der Waals surface area contributed by atoms with Crippen LogP contribution < -0.4 is 0 Å². The predicted molar refractivity (Wildman–Crippen MR) is 93.6 cm³/mol. The third-order valence-corrected chi connectivity index (χ3v) is 4.49. The van der Waals surface area contributed by atoms with E-state index in [1.165, 1.54) is 11.1 Å². The van der Waals surface area contributed by atoms with Crippen molar-refractivity contribution in [2.45, 2.75) is 38.8 Å². The number of benzene rings is 1. The Balaban J connectivity index is 1.51. The Kier molecular flexibility index (Phi) is 3.81. The molecular formula is C20H21N3O. The van der Waals surface area contributed by atoms with Crippen LogP contribution in [0, 0.1) is 6.92 Å². The molecule has 0 atom stereocenters. The monoisotopic (exact) mass is 319 g/mol. The van der Waals surface area contributed by atoms with Gasteiger partial charge in [-0.15, -0.1) is 0 Å². The molecule has 1 aliphatic carbocycles. The molecule has 1 aromatic carbocycles. The molecule has 4 nitrogen and oxygen atoms in total. The van der Waals surface area contributed by atoms with Crippen molar-refractivity contribution in [3.8, 4) is 0 Å². The molecule has 0 spiro atoms. The first-order chi connectivity index (χ1) is 11.7. The third kappa shape index (κ3) is 3.18. The summed E-state index contributed by atoms with van der Waals surface area (Å²) in [5, 5.41) is 0. The first-order valence-electron chi connectivity index (χ1n) is 8.47. The number of carbonyl (C=O) groups excluding carboxylic acids is 1. The zero-order valence-corrected chi connectivity index (χ0v) is 13.9. The van der Waals surface area contributed by atoms with E-state index >= 15 is 0 Å². The van der Waals surface area contributed by atoms with Crippen molar-refractivity contribution in [1.29, 1.82) is 0 Å². The zero-order valence-electron chi connectivity index (χ0n) is 13.9. The molecule has 2 aromatic heterocycles. The minimum absolute atomic E-state index is 0.169. The van der Waals surface area contributed by atoms with Gasteiger partial charge < -0.3 is 9.30 Å². The van der Waals surface area contributed by atoms with Gasteiger partial charge >= 0.3 is 0 Å². The molecule has 1 fully saturated rings. The van der Waals surface area contributed by atoms with Crippen LogP contribution in [0.5, 0.6) is 0 Å². The van der Waals surface area contributed by atoms with Crippen molar-refractivity contribution < 1.29 is 4.79 Å². The van der Waals surface area contributed by atoms with E-state index in [-0.39, 0.29) is 5.91 Å². The maximum Gasteiger partial charge on any atom is 0.229 e. The van der Waals surface area contributed by atoms with E-state index in [0.717, 1.165) is 24.2 Å². The molecule has 0 radical (unpaired) electrons. The Bertz CT molecular complexity index is 846. The Morgan fingerprint density at radius 3 is 2.88 bits per heavy atom. The highest BCUT2D eigenvalue weighted by Crippen LogP contribution is 2.29. The molecular weight excluding hydrogens is 298 g/mol. The highest BCUT2D eigenvalue weighted by Gasteiger charge is 2.32. The number of carbonyl (C=O) groups is 1. The lowest BCUT2D eigenvalue weighted by Crippen LogP contribution is -2.33. The first-order valence-corrected chi connectivity index (χ1v) is 8.47. The highest BCUT2D eigenvalue weighted by molar-refractivity contribution is 5.79. The van der Waals surface area contributed by atoms with E-state index in [4.69, 9.17) is 0 Å². The molecule has 0 aliphatic heterocycles. The normalized spacial score (nSPS) is 14.0. The number of rotatable bonds is 5. The smallest absolute Gasteiger partial charge is 0.229 e. The lowest BCUT2D eigenvalue weighted by atomic mass is 10.1. The number of hydrogen-bond donors (Lipinski definition) is 0. The summed E-state index contributed by atoms with van der Waals surface area (Å²) >= 11 is 0. The summed E-state index contributed by atoms with van der Waals surface area (Å²) in [6.45, 7) is 2.78. The summed E-state index contributed by atoms with van der Waals surface area (Å²) in [4.78, 5) is 19.4. The fraction of sp³-hybridized carbons (Fsp3) is 0.300. The average Bonchev–Trinajstić information content (AvgIpc) is 3.32. The van der Waals surface area contributed by atoms with Crippen LogP contribution in [0.25, 0.3) is 5.65 Å². The number of pyridine rings is 1. The van der Waals surface area contributed by atoms with Gasteiger partial charge in [0.1, 0.15) is 5.65 Å². The van der Waals surface area contributed by atoms with E-state index in [9.17, 15) is 4.79 Å². The van der Waals surface area contributed by atoms with E-state index in [1.807, 2.05) is 39.9 Å². The summed E-state index contributed by atoms with van der Waals surface area (Å²) in [6, 6.07) is 14.7. The van der Waals surface area contributed by atoms with Gasteiger partial charge in [-0.2, -0.15) is 0 Å². The second kappa shape index (κ2) is 6.11. The van der Waals surface area contributed by atoms with Crippen molar-refractivity contribution in [2.75, 3.05) is 0 Å². The number of hydrogen-bond acceptors (Lipinski definition) is 2. The molecule has 0 unspecified atom stereocenters. The molecule has 0 bridgehead atoms. The molecule has 0 saturated heterocycles. The summed E-state index contributed by atoms with van der Waals surface area (Å²) in [5.74, 6) is 0.169. The first kappa shape index (κ1) is 14.9. The maximum absolute atomic E-state index is 12.8. The van der Waals surface area contributed by atoms with Crippen molar-refractivity contribution in [3.05, 3.63) is 71.7 Å². The molecule has 0 N–H and O–H groups in total. The van der Waals surface area contributed by atoms with Gasteiger partial charge in [0, 0.05) is 25.0 Å². The molecule has 2 heterocycles. The number of aryl methyl sites for hydroxylation is 1. The van der Waals surface area contributed by atoms with Gasteiger partial charge in [-0.05, 0) is 37.5 Å². The van der Waals surface area contributed by atoms with E-state index < -0.39 is 0 Å². The molecule has 1 saturated carbocycles. The Hall–Kier alpha value is -2.62. The second-order valence-corrected chi connectivity index (χ2v) is 6.62. The minimum atomic E-state index is 0.169. The summed E-state index contributed by atoms with van der Waals surface area (Å²) in [5.41, 5.74) is 4.15. The highest BCUT2D eigenvalue weighted by atomic mass is 16.2. The molecule has 1 aliphatic rings. The SMILES string of the molecule is Cc1cccc(CN(C(=O)Cc2cn3ccccc3n2)C2CC2)c1. The molecule has 4 rings (SSSR count). The molecule has 4 heteroatoms. The quantitative estimate of drug-likeness (QED) is 0.723. The van der Waals surface area contributed by atoms with E-state index in [0.29, 0.717) is 19.0 Å². The number of amides is 1. The van der Waals surface area contributed by atoms with Gasteiger partial charge in [-0.3, -0.25) is 4.79 Å². The van der Waals surface area contributed by atoms with Crippen molar-refractivity contribution in [3.63, 3.8) is 0 Å². The standard InChI is InChI=1S/C20H21N3O/c1-15-5-4-6-16(11-15)13-23(18-8-9-18)20(24)12-17-14-22-10-3-2-7-19(22)21-17/h2-7,10-11,14,18H,8-9,12-13H2,1H3. The third-order valence-electron chi connectivity index (χ3n) is 4.49. The van der Waals surface area contributed by atoms with E-state index in [1.54, 1.807) is 0 Å². The van der Waals surface area contributed by atoms with Crippen molar-refractivity contribution in [1.82, 2.24) is 14.3 Å². The Morgan fingerprint density at radius 1 is 1.25 bits per heavy atom. The van der Waals surface area contributed by atoms with Gasteiger partial charge in [-0.1, -0.05) is 35.9 Å². The number of nitrogens with zero attached hydrogens (tertiary/aromatic N) is 3. The number of imidazole rings is 1. The predicted octanol–water partition coefficient (Wildman–Crippen LogP) is 3.38. The van der Waals surface area contributed by atoms with Gasteiger partial charge in [0.05, 0.1) is 12.1 Å². The van der Waals surface area contributed by atoms with Crippen LogP contribution in [0.3, 0.4) is 0 Å². The van der Waals surface area contributed by atoms with Crippen LogP contribution in [0.2, 0.25) is 0 Å². The van der Waals surface area contributed by atoms with Crippen LogP contribution in [-0.4, -0.2) is 26.2 Å². The van der Waals surface area contributed by atoms with Crippen molar-refractivity contribution in [2.24, 2.45) is 0 Å². The van der Waals surface area contributed by atoms with Gasteiger partial charge in [-0.25, -0.2) is 4.98 Å². The van der Waals surface area contributed by atoms with Gasteiger partial charge in [0.25, 0.3) is 0 Å². The van der Waals surface area contributed by atoms with Gasteiger partial charge in [0.15, 0.2) is 0 Å². The molecule has 1 amide bonds. The second-order valence-electron chi connectivity index (χ2n) is 6.62. The lowest BCUT2D eigenvalue weighted by molar-refractivity contribution is -0.131. The summed E-state index contributed by atoms with van der Waals surface area (Å²) < 4.78 is 1.96. The van der Waals surface area contributed by atoms with Crippen LogP contribution >= 0.6 is 0 Å². The van der Waals surface area contributed by atoms with Gasteiger partial charge in [0.2, 0.25) is 5.91 Å². The molecule has 24 heavy (non-hydrogen) atoms. The lowest BCUT2D eigenvalue weighted by Gasteiger charge is -2.22. The average molecular weight is 319 g/mol. The fourth-order valence-electron chi connectivity index (χ4n) is 3.14. The summed E-state index contributed by atoms with van der Waals surface area (Å²) in [7, 11) is 0. The van der Waals surface area contributed by atoms with Crippen LogP contribution in [-0.2, 0) is 17.8 Å².